The molecule has 6 heterocycles. The lowest BCUT2D eigenvalue weighted by Crippen LogP contribution is -2.51. The highest BCUT2D eigenvalue weighted by Gasteiger charge is 2.35. The fourth-order valence-electron chi connectivity index (χ4n) is 7.75. The average molecular weight is 817 g/mol. The van der Waals surface area contributed by atoms with Gasteiger partial charge in [0.25, 0.3) is 0 Å². The van der Waals surface area contributed by atoms with Gasteiger partial charge in [-0.15, -0.1) is 0 Å². The van der Waals surface area contributed by atoms with Gasteiger partial charge in [-0.2, -0.15) is 0 Å². The molecule has 14 nitrogen and oxygen atoms in total. The van der Waals surface area contributed by atoms with E-state index in [0.29, 0.717) is 74.6 Å². The molecule has 7 rings (SSSR count). The number of aromatic nitrogens is 2. The number of ether oxygens (including phenoxy) is 6. The van der Waals surface area contributed by atoms with Crippen LogP contribution in [0.3, 0.4) is 0 Å². The maximum Gasteiger partial charge on any atom is 0.410 e. The summed E-state index contributed by atoms with van der Waals surface area (Å²) >= 11 is 0. The van der Waals surface area contributed by atoms with Gasteiger partial charge in [0.1, 0.15) is 37.6 Å². The number of hydrogen-bond acceptors (Lipinski definition) is 12. The monoisotopic (exact) mass is 816 g/mol. The van der Waals surface area contributed by atoms with E-state index in [1.165, 1.54) is 5.56 Å². The van der Waals surface area contributed by atoms with Crippen LogP contribution in [0.4, 0.5) is 9.59 Å². The summed E-state index contributed by atoms with van der Waals surface area (Å²) in [5.74, 6) is 2.67. The van der Waals surface area contributed by atoms with E-state index in [1.54, 1.807) is 17.3 Å². The first-order chi connectivity index (χ1) is 28.1. The lowest BCUT2D eigenvalue weighted by atomic mass is 9.96. The van der Waals surface area contributed by atoms with Gasteiger partial charge in [0, 0.05) is 49.4 Å². The first-order valence-electron chi connectivity index (χ1n) is 21.1. The van der Waals surface area contributed by atoms with Crippen LogP contribution >= 0.6 is 0 Å². The van der Waals surface area contributed by atoms with E-state index < -0.39 is 11.2 Å². The van der Waals surface area contributed by atoms with Crippen molar-refractivity contribution in [2.75, 3.05) is 39.5 Å². The Hall–Kier alpha value is -4.82. The molecule has 3 aromatic rings. The second kappa shape index (κ2) is 19.5. The minimum Gasteiger partial charge on any atom is -0.486 e. The van der Waals surface area contributed by atoms with Gasteiger partial charge in [0.05, 0.1) is 36.9 Å². The third-order valence-corrected chi connectivity index (χ3v) is 10.6. The number of carbonyl (C=O) groups excluding carboxylic acids is 2. The molecule has 4 atom stereocenters. The topological polar surface area (TPSA) is 137 Å². The fraction of sp³-hybridized carbons (Fsp3) is 0.600. The Labute approximate surface area is 349 Å². The van der Waals surface area contributed by atoms with E-state index in [4.69, 9.17) is 28.4 Å². The number of pyridine rings is 2. The minimum absolute atomic E-state index is 0.0804. The Balaban J connectivity index is 0.000000204. The second-order valence-corrected chi connectivity index (χ2v) is 17.9. The maximum absolute atomic E-state index is 13.2. The molecule has 322 valence electrons. The molecule has 0 saturated carbocycles. The van der Waals surface area contributed by atoms with E-state index in [9.17, 15) is 9.59 Å². The largest absolute Gasteiger partial charge is 0.486 e. The summed E-state index contributed by atoms with van der Waals surface area (Å²) in [5, 5.41) is 3.43. The van der Waals surface area contributed by atoms with Gasteiger partial charge in [-0.1, -0.05) is 30.3 Å². The number of hydrogen-bond donors (Lipinski definition) is 1. The Morgan fingerprint density at radius 2 is 1.22 bits per heavy atom. The molecule has 4 aliphatic heterocycles. The molecular weight excluding hydrogens is 753 g/mol. The lowest BCUT2D eigenvalue weighted by Gasteiger charge is -2.42. The second-order valence-electron chi connectivity index (χ2n) is 17.9. The maximum atomic E-state index is 13.2. The molecule has 1 N–H and O–H groups in total. The van der Waals surface area contributed by atoms with Crippen molar-refractivity contribution in [2.45, 2.75) is 136 Å². The number of nitrogens with zero attached hydrogens (tertiary/aromatic N) is 5. The summed E-state index contributed by atoms with van der Waals surface area (Å²) in [5.41, 5.74) is 1.76. The quantitative estimate of drug-likeness (QED) is 0.243. The average Bonchev–Trinajstić information content (AvgIpc) is 3.19. The van der Waals surface area contributed by atoms with E-state index in [0.717, 1.165) is 56.7 Å². The Kier molecular flexibility index (Phi) is 14.5. The highest BCUT2D eigenvalue weighted by Crippen LogP contribution is 2.33. The van der Waals surface area contributed by atoms with Gasteiger partial charge in [-0.3, -0.25) is 24.7 Å². The standard InChI is InChI=1S/C26H35N3O4.C19H29N3O4/c1-19-14-22(10-11-28(19)17-20-8-6-5-7-9-20)29(25(30)33-26(2,3)4)18-21-15-23-24(16-27-21)32-13-12-31-23;1-13-9-15(5-6-20-13)22(18(23)26-19(2,3)4)12-14-10-16-17(11-21-14)25-8-7-24-16/h5-9,15-16,19,22H,10-14,17-18H2,1-4H3;10-11,13,15,20H,5-9,12H2,1-4H3. The molecule has 0 radical (unpaired) electrons. The zero-order valence-corrected chi connectivity index (χ0v) is 36.2. The van der Waals surface area contributed by atoms with Crippen LogP contribution in [0, 0.1) is 0 Å². The molecule has 2 amide bonds. The van der Waals surface area contributed by atoms with Crippen LogP contribution in [0.25, 0.3) is 0 Å². The molecule has 0 spiro atoms. The van der Waals surface area contributed by atoms with Gasteiger partial charge in [0.15, 0.2) is 23.0 Å². The Morgan fingerprint density at radius 1 is 0.729 bits per heavy atom. The van der Waals surface area contributed by atoms with Crippen molar-refractivity contribution in [2.24, 2.45) is 0 Å². The molecule has 0 aliphatic carbocycles. The van der Waals surface area contributed by atoms with Crippen molar-refractivity contribution in [1.29, 1.82) is 0 Å². The highest BCUT2D eigenvalue weighted by molar-refractivity contribution is 5.69. The van der Waals surface area contributed by atoms with E-state index in [1.807, 2.05) is 64.6 Å². The van der Waals surface area contributed by atoms with Crippen LogP contribution in [0.5, 0.6) is 23.0 Å². The van der Waals surface area contributed by atoms with E-state index in [2.05, 4.69) is 58.3 Å². The molecule has 2 fully saturated rings. The number of carbonyl (C=O) groups is 2. The highest BCUT2D eigenvalue weighted by atomic mass is 16.6. The number of amides is 2. The number of rotatable bonds is 8. The first-order valence-corrected chi connectivity index (χ1v) is 21.1. The van der Waals surface area contributed by atoms with Crippen molar-refractivity contribution >= 4 is 12.2 Å². The number of fused-ring (bicyclic) bond motifs is 2. The van der Waals surface area contributed by atoms with Gasteiger partial charge < -0.3 is 33.7 Å². The summed E-state index contributed by atoms with van der Waals surface area (Å²) in [4.78, 5) is 41.2. The Bertz CT molecular complexity index is 1850. The van der Waals surface area contributed by atoms with Gasteiger partial charge >= 0.3 is 12.2 Å². The molecular formula is C45H64N6O8. The molecule has 1 aromatic carbocycles. The third-order valence-electron chi connectivity index (χ3n) is 10.6. The van der Waals surface area contributed by atoms with Crippen molar-refractivity contribution in [3.8, 4) is 23.0 Å². The molecule has 59 heavy (non-hydrogen) atoms. The number of nitrogens with one attached hydrogen (secondary N) is 1. The van der Waals surface area contributed by atoms with Gasteiger partial charge in [0.2, 0.25) is 0 Å². The summed E-state index contributed by atoms with van der Waals surface area (Å²) in [6.45, 7) is 21.3. The Morgan fingerprint density at radius 3 is 1.69 bits per heavy atom. The van der Waals surface area contributed by atoms with Crippen LogP contribution in [0.15, 0.2) is 54.9 Å². The molecule has 4 unspecified atom stereocenters. The van der Waals surface area contributed by atoms with Crippen LogP contribution < -0.4 is 24.3 Å². The van der Waals surface area contributed by atoms with Crippen LogP contribution in [0.2, 0.25) is 0 Å². The zero-order valence-electron chi connectivity index (χ0n) is 36.2. The molecule has 2 saturated heterocycles. The molecule has 14 heteroatoms. The summed E-state index contributed by atoms with van der Waals surface area (Å²) in [6, 6.07) is 15.2. The van der Waals surface area contributed by atoms with Crippen LogP contribution in [0.1, 0.15) is 98.0 Å². The van der Waals surface area contributed by atoms with E-state index >= 15 is 0 Å². The third kappa shape index (κ3) is 12.8. The number of piperidine rings is 2. The van der Waals surface area contributed by atoms with Crippen molar-refractivity contribution in [1.82, 2.24) is 30.0 Å². The number of benzene rings is 1. The van der Waals surface area contributed by atoms with Crippen LogP contribution in [-0.2, 0) is 29.1 Å². The zero-order chi connectivity index (χ0) is 42.2. The lowest BCUT2D eigenvalue weighted by molar-refractivity contribution is -0.000839. The van der Waals surface area contributed by atoms with Gasteiger partial charge in [-0.25, -0.2) is 9.59 Å². The molecule has 2 aromatic heterocycles. The summed E-state index contributed by atoms with van der Waals surface area (Å²) in [6.07, 6.45) is 6.32. The van der Waals surface area contributed by atoms with Crippen molar-refractivity contribution < 1.29 is 38.0 Å². The van der Waals surface area contributed by atoms with E-state index in [-0.39, 0.29) is 24.3 Å². The molecule has 0 bridgehead atoms. The van der Waals surface area contributed by atoms with Crippen molar-refractivity contribution in [3.63, 3.8) is 0 Å². The number of likely N-dealkylation sites (tertiary alicyclic amines) is 1. The predicted octanol–water partition coefficient (Wildman–Crippen LogP) is 7.37. The SMILES string of the molecule is CC1CC(N(Cc2cc3c(cn2)OCCO3)C(=O)OC(C)(C)C)CCN1.CC1CC(N(Cc2cc3c(cn2)OCCO3)C(=O)OC(C)(C)C)CCN1Cc1ccccc1. The van der Waals surface area contributed by atoms with Crippen molar-refractivity contribution in [3.05, 3.63) is 71.8 Å². The van der Waals surface area contributed by atoms with Crippen LogP contribution in [-0.4, -0.2) is 112 Å². The normalized spacial score (nSPS) is 21.6. The fourth-order valence-corrected chi connectivity index (χ4v) is 7.75. The summed E-state index contributed by atoms with van der Waals surface area (Å²) in [7, 11) is 0. The predicted molar refractivity (Wildman–Crippen MR) is 224 cm³/mol. The smallest absolute Gasteiger partial charge is 0.410 e. The first kappa shape index (κ1) is 43.8. The minimum atomic E-state index is -0.560. The molecule has 4 aliphatic rings. The van der Waals surface area contributed by atoms with Gasteiger partial charge in [-0.05, 0) is 93.2 Å². The summed E-state index contributed by atoms with van der Waals surface area (Å²) < 4.78 is 33.9.